The first-order chi connectivity index (χ1) is 8.74. The van der Waals surface area contributed by atoms with Crippen molar-refractivity contribution >= 4 is 11.3 Å². The molecule has 0 aliphatic carbocycles. The molecule has 1 unspecified atom stereocenters. The van der Waals surface area contributed by atoms with Crippen molar-refractivity contribution < 1.29 is 4.74 Å². The smallest absolute Gasteiger partial charge is 0.131 e. The van der Waals surface area contributed by atoms with Crippen LogP contribution in [0.5, 0.6) is 0 Å². The molecule has 4 nitrogen and oxygen atoms in total. The molecule has 0 spiro atoms. The number of nitrogens with one attached hydrogen (secondary N) is 1. The van der Waals surface area contributed by atoms with Gasteiger partial charge >= 0.3 is 0 Å². The number of rotatable bonds is 7. The quantitative estimate of drug-likeness (QED) is 0.825. The largest absolute Gasteiger partial charge is 0.378 e. The normalized spacial score (nSPS) is 19.8. The molecule has 1 aromatic rings. The second kappa shape index (κ2) is 7.16. The van der Waals surface area contributed by atoms with Crippen LogP contribution in [0, 0.1) is 5.92 Å². The van der Waals surface area contributed by atoms with Gasteiger partial charge in [0.2, 0.25) is 0 Å². The maximum absolute atomic E-state index is 5.62. The fourth-order valence-electron chi connectivity index (χ4n) is 2.09. The molecule has 1 aliphatic heterocycles. The topological polar surface area (TPSA) is 47.0 Å². The first kappa shape index (κ1) is 13.9. The predicted molar refractivity (Wildman–Crippen MR) is 73.7 cm³/mol. The van der Waals surface area contributed by atoms with Crippen LogP contribution in [0.3, 0.4) is 0 Å². The number of aryl methyl sites for hydroxylation is 1. The first-order valence-electron chi connectivity index (χ1n) is 6.87. The lowest BCUT2D eigenvalue weighted by Gasteiger charge is -2.06. The summed E-state index contributed by atoms with van der Waals surface area (Å²) >= 11 is 1.73. The summed E-state index contributed by atoms with van der Waals surface area (Å²) in [5.41, 5.74) is 0. The molecule has 102 valence electrons. The highest BCUT2D eigenvalue weighted by Gasteiger charge is 2.16. The Balaban J connectivity index is 1.68. The molecule has 0 amide bonds. The highest BCUT2D eigenvalue weighted by molar-refractivity contribution is 7.11. The lowest BCUT2D eigenvalue weighted by atomic mass is 10.1. The Morgan fingerprint density at radius 3 is 2.94 bits per heavy atom. The zero-order valence-corrected chi connectivity index (χ0v) is 12.1. The Bertz CT molecular complexity index is 348. The summed E-state index contributed by atoms with van der Waals surface area (Å²) in [4.78, 5) is 0. The van der Waals surface area contributed by atoms with E-state index in [4.69, 9.17) is 4.74 Å². The summed E-state index contributed by atoms with van der Waals surface area (Å²) in [6.07, 6.45) is 4.98. The summed E-state index contributed by atoms with van der Waals surface area (Å²) in [6, 6.07) is 0. The van der Waals surface area contributed by atoms with E-state index in [2.05, 4.69) is 29.4 Å². The van der Waals surface area contributed by atoms with Crippen molar-refractivity contribution in [3.05, 3.63) is 10.0 Å². The lowest BCUT2D eigenvalue weighted by molar-refractivity contribution is 0.104. The molecule has 2 heterocycles. The summed E-state index contributed by atoms with van der Waals surface area (Å²) < 4.78 is 5.62. The Kier molecular flexibility index (Phi) is 5.53. The molecule has 1 fully saturated rings. The van der Waals surface area contributed by atoms with Crippen LogP contribution >= 0.6 is 11.3 Å². The molecule has 0 bridgehead atoms. The van der Waals surface area contributed by atoms with Crippen molar-refractivity contribution in [1.82, 2.24) is 15.5 Å². The van der Waals surface area contributed by atoms with Crippen molar-refractivity contribution in [2.45, 2.75) is 52.2 Å². The third-order valence-corrected chi connectivity index (χ3v) is 4.02. The standard InChI is InChI=1S/C13H23N3OS/c1-10(2)8-14-9-13-16-15-12(18-13)6-5-11-4-3-7-17-11/h10-11,14H,3-9H2,1-2H3. The molecule has 1 saturated heterocycles. The fourth-order valence-corrected chi connectivity index (χ4v) is 2.91. The van der Waals surface area contributed by atoms with E-state index in [1.807, 2.05) is 0 Å². The second-order valence-electron chi connectivity index (χ2n) is 5.29. The van der Waals surface area contributed by atoms with E-state index >= 15 is 0 Å². The monoisotopic (exact) mass is 269 g/mol. The van der Waals surface area contributed by atoms with Gasteiger partial charge in [0.15, 0.2) is 0 Å². The molecule has 1 aliphatic rings. The number of nitrogens with zero attached hydrogens (tertiary/aromatic N) is 2. The van der Waals surface area contributed by atoms with Gasteiger partial charge in [0.25, 0.3) is 0 Å². The Hall–Kier alpha value is -0.520. The first-order valence-corrected chi connectivity index (χ1v) is 7.69. The number of hydrogen-bond acceptors (Lipinski definition) is 5. The molecule has 0 saturated carbocycles. The van der Waals surface area contributed by atoms with Gasteiger partial charge in [0, 0.05) is 19.6 Å². The van der Waals surface area contributed by atoms with Crippen molar-refractivity contribution in [2.24, 2.45) is 5.92 Å². The van der Waals surface area contributed by atoms with E-state index in [-0.39, 0.29) is 0 Å². The molecule has 1 atom stereocenters. The third kappa shape index (κ3) is 4.63. The molecule has 1 N–H and O–H groups in total. The maximum Gasteiger partial charge on any atom is 0.131 e. The van der Waals surface area contributed by atoms with Crippen molar-refractivity contribution in [1.29, 1.82) is 0 Å². The van der Waals surface area contributed by atoms with Gasteiger partial charge in [-0.15, -0.1) is 21.5 Å². The Morgan fingerprint density at radius 1 is 1.39 bits per heavy atom. The number of aromatic nitrogens is 2. The van der Waals surface area contributed by atoms with E-state index in [0.29, 0.717) is 12.0 Å². The van der Waals surface area contributed by atoms with Crippen molar-refractivity contribution in [3.63, 3.8) is 0 Å². The van der Waals surface area contributed by atoms with Crippen LogP contribution < -0.4 is 5.32 Å². The highest BCUT2D eigenvalue weighted by Crippen LogP contribution is 2.19. The predicted octanol–water partition coefficient (Wildman–Crippen LogP) is 2.40. The highest BCUT2D eigenvalue weighted by atomic mass is 32.1. The van der Waals surface area contributed by atoms with Gasteiger partial charge in [0.1, 0.15) is 10.0 Å². The number of hydrogen-bond donors (Lipinski definition) is 1. The summed E-state index contributed by atoms with van der Waals surface area (Å²) in [5, 5.41) is 14.1. The van der Waals surface area contributed by atoms with Gasteiger partial charge in [-0.3, -0.25) is 0 Å². The van der Waals surface area contributed by atoms with Crippen LogP contribution in [-0.2, 0) is 17.7 Å². The van der Waals surface area contributed by atoms with Crippen LogP contribution in [-0.4, -0.2) is 29.5 Å². The molecule has 1 aromatic heterocycles. The fraction of sp³-hybridized carbons (Fsp3) is 0.846. The zero-order valence-electron chi connectivity index (χ0n) is 11.3. The summed E-state index contributed by atoms with van der Waals surface area (Å²) in [6.45, 7) is 7.23. The minimum Gasteiger partial charge on any atom is -0.378 e. The van der Waals surface area contributed by atoms with E-state index in [1.165, 1.54) is 12.8 Å². The van der Waals surface area contributed by atoms with E-state index in [0.717, 1.165) is 42.6 Å². The molecular formula is C13H23N3OS. The van der Waals surface area contributed by atoms with E-state index in [1.54, 1.807) is 11.3 Å². The van der Waals surface area contributed by atoms with Gasteiger partial charge in [-0.05, 0) is 31.7 Å². The zero-order chi connectivity index (χ0) is 12.8. The lowest BCUT2D eigenvalue weighted by Crippen LogP contribution is -2.18. The Labute approximate surface area is 113 Å². The summed E-state index contributed by atoms with van der Waals surface area (Å²) in [5.74, 6) is 0.678. The van der Waals surface area contributed by atoms with Crippen molar-refractivity contribution in [2.75, 3.05) is 13.2 Å². The minimum absolute atomic E-state index is 0.455. The molecule has 0 radical (unpaired) electrons. The average Bonchev–Trinajstić information content (AvgIpc) is 2.96. The van der Waals surface area contributed by atoms with E-state index < -0.39 is 0 Å². The number of ether oxygens (including phenoxy) is 1. The van der Waals surface area contributed by atoms with Gasteiger partial charge in [-0.2, -0.15) is 0 Å². The molecule has 0 aromatic carbocycles. The van der Waals surface area contributed by atoms with E-state index in [9.17, 15) is 0 Å². The minimum atomic E-state index is 0.455. The molecule has 2 rings (SSSR count). The van der Waals surface area contributed by atoms with Gasteiger partial charge < -0.3 is 10.1 Å². The van der Waals surface area contributed by atoms with Crippen LogP contribution in [0.4, 0.5) is 0 Å². The van der Waals surface area contributed by atoms with Crippen LogP contribution in [0.2, 0.25) is 0 Å². The average molecular weight is 269 g/mol. The Morgan fingerprint density at radius 2 is 2.22 bits per heavy atom. The van der Waals surface area contributed by atoms with Gasteiger partial charge in [-0.1, -0.05) is 13.8 Å². The molecular weight excluding hydrogens is 246 g/mol. The molecule has 18 heavy (non-hydrogen) atoms. The van der Waals surface area contributed by atoms with Gasteiger partial charge in [-0.25, -0.2) is 0 Å². The van der Waals surface area contributed by atoms with Crippen LogP contribution in [0.1, 0.15) is 43.1 Å². The van der Waals surface area contributed by atoms with Crippen LogP contribution in [0.15, 0.2) is 0 Å². The SMILES string of the molecule is CC(C)CNCc1nnc(CCC2CCCO2)s1. The maximum atomic E-state index is 5.62. The third-order valence-electron chi connectivity index (χ3n) is 3.04. The molecule has 5 heteroatoms. The summed E-state index contributed by atoms with van der Waals surface area (Å²) in [7, 11) is 0. The van der Waals surface area contributed by atoms with Crippen molar-refractivity contribution in [3.8, 4) is 0 Å². The van der Waals surface area contributed by atoms with Gasteiger partial charge in [0.05, 0.1) is 6.10 Å². The van der Waals surface area contributed by atoms with Crippen LogP contribution in [0.25, 0.3) is 0 Å². The second-order valence-corrected chi connectivity index (χ2v) is 6.43.